The number of rotatable bonds is 6. The van der Waals surface area contributed by atoms with Crippen molar-refractivity contribution >= 4 is 21.4 Å². The van der Waals surface area contributed by atoms with Crippen LogP contribution in [0.25, 0.3) is 0 Å². The van der Waals surface area contributed by atoms with Gasteiger partial charge in [0.15, 0.2) is 5.03 Å². The monoisotopic (exact) mass is 298 g/mol. The number of hydrogen-bond acceptors (Lipinski definition) is 6. The van der Waals surface area contributed by atoms with Crippen LogP contribution in [0, 0.1) is 0 Å². The third kappa shape index (κ3) is 3.80. The molecule has 2 aromatic heterocycles. The van der Waals surface area contributed by atoms with Crippen molar-refractivity contribution in [1.29, 1.82) is 0 Å². The molecule has 6 nitrogen and oxygen atoms in total. The Morgan fingerprint density at radius 1 is 1.32 bits per heavy atom. The molecule has 8 heteroatoms. The maximum absolute atomic E-state index is 11.9. The lowest BCUT2D eigenvalue weighted by Gasteiger charge is -2.05. The third-order valence-electron chi connectivity index (χ3n) is 2.47. The number of nitrogens with one attached hydrogen (secondary N) is 1. The van der Waals surface area contributed by atoms with Gasteiger partial charge >= 0.3 is 0 Å². The quantitative estimate of drug-likeness (QED) is 0.810. The predicted molar refractivity (Wildman–Crippen MR) is 73.1 cm³/mol. The molecule has 2 heterocycles. The van der Waals surface area contributed by atoms with Crippen molar-refractivity contribution in [3.63, 3.8) is 0 Å². The lowest BCUT2D eigenvalue weighted by molar-refractivity contribution is 0.577. The Morgan fingerprint density at radius 3 is 2.74 bits per heavy atom. The van der Waals surface area contributed by atoms with Crippen LogP contribution in [0.3, 0.4) is 0 Å². The molecule has 0 bridgehead atoms. The van der Waals surface area contributed by atoms with Gasteiger partial charge < -0.3 is 5.73 Å². The van der Waals surface area contributed by atoms with Crippen LogP contribution < -0.4 is 10.5 Å². The molecule has 0 aromatic carbocycles. The molecule has 0 spiro atoms. The number of nitrogens with zero attached hydrogens (tertiary/aromatic N) is 2. The van der Waals surface area contributed by atoms with Gasteiger partial charge in [-0.1, -0.05) is 6.07 Å². The van der Waals surface area contributed by atoms with Crippen LogP contribution in [-0.2, 0) is 23.0 Å². The van der Waals surface area contributed by atoms with Gasteiger partial charge in [0.25, 0.3) is 10.0 Å². The summed E-state index contributed by atoms with van der Waals surface area (Å²) < 4.78 is 26.4. The van der Waals surface area contributed by atoms with Crippen molar-refractivity contribution in [1.82, 2.24) is 14.7 Å². The molecule has 0 aliphatic heterocycles. The Labute approximate surface area is 115 Å². The van der Waals surface area contributed by atoms with Gasteiger partial charge in [0.1, 0.15) is 0 Å². The van der Waals surface area contributed by atoms with E-state index >= 15 is 0 Å². The summed E-state index contributed by atoms with van der Waals surface area (Å²) in [5.41, 5.74) is 8.82. The van der Waals surface area contributed by atoms with E-state index in [-0.39, 0.29) is 5.03 Å². The fourth-order valence-electron chi connectivity index (χ4n) is 1.44. The van der Waals surface area contributed by atoms with Crippen molar-refractivity contribution in [2.24, 2.45) is 5.73 Å². The zero-order valence-electron chi connectivity index (χ0n) is 10.1. The number of nitrogens with two attached hydrogens (primary N) is 1. The molecule has 2 aromatic rings. The van der Waals surface area contributed by atoms with Crippen molar-refractivity contribution in [2.75, 3.05) is 6.54 Å². The van der Waals surface area contributed by atoms with Gasteiger partial charge in [-0.05, 0) is 11.6 Å². The summed E-state index contributed by atoms with van der Waals surface area (Å²) in [5, 5.41) is 1.89. The number of aromatic nitrogens is 2. The van der Waals surface area contributed by atoms with E-state index in [9.17, 15) is 8.42 Å². The van der Waals surface area contributed by atoms with Crippen LogP contribution in [0.1, 0.15) is 11.3 Å². The van der Waals surface area contributed by atoms with Crippen LogP contribution in [-0.4, -0.2) is 24.9 Å². The number of pyridine rings is 1. The van der Waals surface area contributed by atoms with Crippen molar-refractivity contribution in [3.05, 3.63) is 40.5 Å². The normalized spacial score (nSPS) is 11.6. The molecule has 0 saturated carbocycles. The number of hydrogen-bond donors (Lipinski definition) is 2. The predicted octanol–water partition coefficient (Wildman–Crippen LogP) is 0.518. The van der Waals surface area contributed by atoms with Crippen LogP contribution >= 0.6 is 11.3 Å². The standard InChI is InChI=1S/C11H14N4O2S2/c12-5-9-1-2-11(13-6-9)19(16,17)15-4-3-10-7-18-8-14-10/h1-2,6-8,15H,3-5,12H2. The van der Waals surface area contributed by atoms with Crippen LogP contribution in [0.5, 0.6) is 0 Å². The van der Waals surface area contributed by atoms with Gasteiger partial charge in [-0.3, -0.25) is 0 Å². The second kappa shape index (κ2) is 6.20. The van der Waals surface area contributed by atoms with Gasteiger partial charge in [-0.2, -0.15) is 0 Å². The van der Waals surface area contributed by atoms with E-state index in [0.29, 0.717) is 19.5 Å². The van der Waals surface area contributed by atoms with E-state index in [1.54, 1.807) is 11.6 Å². The lowest BCUT2D eigenvalue weighted by Crippen LogP contribution is -2.26. The molecule has 0 aliphatic carbocycles. The lowest BCUT2D eigenvalue weighted by atomic mass is 10.3. The second-order valence-corrected chi connectivity index (χ2v) is 6.27. The average Bonchev–Trinajstić information content (AvgIpc) is 2.92. The third-order valence-corrected chi connectivity index (χ3v) is 4.48. The maximum atomic E-state index is 11.9. The van der Waals surface area contributed by atoms with Gasteiger partial charge in [0, 0.05) is 31.1 Å². The molecule has 0 atom stereocenters. The summed E-state index contributed by atoms with van der Waals surface area (Å²) in [6, 6.07) is 3.11. The van der Waals surface area contributed by atoms with Crippen molar-refractivity contribution < 1.29 is 8.42 Å². The molecular formula is C11H14N4O2S2. The van der Waals surface area contributed by atoms with Crippen molar-refractivity contribution in [2.45, 2.75) is 18.0 Å². The maximum Gasteiger partial charge on any atom is 0.258 e. The summed E-state index contributed by atoms with van der Waals surface area (Å²) >= 11 is 1.49. The smallest absolute Gasteiger partial charge is 0.258 e. The first-order chi connectivity index (χ1) is 9.12. The Balaban J connectivity index is 1.97. The van der Waals surface area contributed by atoms with Crippen LogP contribution in [0.15, 0.2) is 34.2 Å². The first-order valence-electron chi connectivity index (χ1n) is 5.63. The summed E-state index contributed by atoms with van der Waals surface area (Å²) in [6.07, 6.45) is 2.03. The van der Waals surface area contributed by atoms with E-state index < -0.39 is 10.0 Å². The van der Waals surface area contributed by atoms with Crippen LogP contribution in [0.2, 0.25) is 0 Å². The van der Waals surface area contributed by atoms with E-state index in [1.165, 1.54) is 23.6 Å². The summed E-state index contributed by atoms with van der Waals surface area (Å²) in [6.45, 7) is 0.636. The molecule has 0 aliphatic rings. The minimum Gasteiger partial charge on any atom is -0.326 e. The average molecular weight is 298 g/mol. The zero-order valence-corrected chi connectivity index (χ0v) is 11.7. The van der Waals surface area contributed by atoms with E-state index in [0.717, 1.165) is 11.3 Å². The van der Waals surface area contributed by atoms with E-state index in [4.69, 9.17) is 5.73 Å². The van der Waals surface area contributed by atoms with Crippen molar-refractivity contribution in [3.8, 4) is 0 Å². The molecule has 2 rings (SSSR count). The molecule has 0 fully saturated rings. The highest BCUT2D eigenvalue weighted by Crippen LogP contribution is 2.07. The summed E-state index contributed by atoms with van der Waals surface area (Å²) in [4.78, 5) is 7.98. The first-order valence-corrected chi connectivity index (χ1v) is 8.06. The topological polar surface area (TPSA) is 98.0 Å². The fourth-order valence-corrected chi connectivity index (χ4v) is 2.99. The summed E-state index contributed by atoms with van der Waals surface area (Å²) in [5.74, 6) is 0. The molecule has 102 valence electrons. The minimum atomic E-state index is -3.56. The largest absolute Gasteiger partial charge is 0.326 e. The molecule has 19 heavy (non-hydrogen) atoms. The molecule has 0 unspecified atom stereocenters. The Kier molecular flexibility index (Phi) is 4.59. The van der Waals surface area contributed by atoms with Gasteiger partial charge in [-0.15, -0.1) is 11.3 Å². The Bertz CT molecular complexity index is 609. The highest BCUT2D eigenvalue weighted by Gasteiger charge is 2.14. The zero-order chi connectivity index (χ0) is 13.7. The van der Waals surface area contributed by atoms with E-state index in [1.807, 2.05) is 5.38 Å². The molecular weight excluding hydrogens is 284 g/mol. The molecule has 0 amide bonds. The number of sulfonamides is 1. The first kappa shape index (κ1) is 14.1. The Hall–Kier alpha value is -1.35. The highest BCUT2D eigenvalue weighted by molar-refractivity contribution is 7.89. The van der Waals surface area contributed by atoms with Crippen LogP contribution in [0.4, 0.5) is 0 Å². The number of thiazole rings is 1. The molecule has 0 radical (unpaired) electrons. The molecule has 3 N–H and O–H groups in total. The van der Waals surface area contributed by atoms with Gasteiger partial charge in [0.05, 0.1) is 11.2 Å². The van der Waals surface area contributed by atoms with Gasteiger partial charge in [0.2, 0.25) is 0 Å². The van der Waals surface area contributed by atoms with E-state index in [2.05, 4.69) is 14.7 Å². The highest BCUT2D eigenvalue weighted by atomic mass is 32.2. The summed E-state index contributed by atoms with van der Waals surface area (Å²) in [7, 11) is -3.56. The Morgan fingerprint density at radius 2 is 2.16 bits per heavy atom. The fraction of sp³-hybridized carbons (Fsp3) is 0.273. The minimum absolute atomic E-state index is 0.00276. The molecule has 0 saturated heterocycles. The SMILES string of the molecule is NCc1ccc(S(=O)(=O)NCCc2cscn2)nc1. The van der Waals surface area contributed by atoms with Gasteiger partial charge in [-0.25, -0.2) is 23.1 Å². The second-order valence-electron chi connectivity index (χ2n) is 3.84.